The molecule has 7 heteroatoms. The summed E-state index contributed by atoms with van der Waals surface area (Å²) in [5, 5.41) is 7.83. The number of aromatic nitrogens is 1. The standard InChI is InChI=1S/C15H19N3O3S/c1-9(2)6-14(20)18-15-17-12(8-22-15)13-5-4-11(21-13)7-16-10(3)19/h4-5,8-9H,6-7H2,1-3H3,(H,16,19)(H,17,18,20). The van der Waals surface area contributed by atoms with Crippen molar-refractivity contribution < 1.29 is 14.0 Å². The zero-order chi connectivity index (χ0) is 16.1. The van der Waals surface area contributed by atoms with E-state index in [9.17, 15) is 9.59 Å². The highest BCUT2D eigenvalue weighted by Crippen LogP contribution is 2.26. The molecule has 0 bridgehead atoms. The fraction of sp³-hybridized carbons (Fsp3) is 0.400. The first-order chi connectivity index (χ1) is 10.4. The zero-order valence-electron chi connectivity index (χ0n) is 12.8. The predicted molar refractivity (Wildman–Crippen MR) is 85.4 cm³/mol. The topological polar surface area (TPSA) is 84.2 Å². The van der Waals surface area contributed by atoms with E-state index in [1.54, 1.807) is 12.1 Å². The summed E-state index contributed by atoms with van der Waals surface area (Å²) in [6.45, 7) is 5.78. The third-order valence-electron chi connectivity index (χ3n) is 2.77. The van der Waals surface area contributed by atoms with Crippen LogP contribution in [0.15, 0.2) is 21.9 Å². The first-order valence-electron chi connectivity index (χ1n) is 7.03. The van der Waals surface area contributed by atoms with Crippen LogP contribution in [0.25, 0.3) is 11.5 Å². The molecule has 0 saturated carbocycles. The highest BCUT2D eigenvalue weighted by Gasteiger charge is 2.12. The van der Waals surface area contributed by atoms with Crippen LogP contribution in [0.5, 0.6) is 0 Å². The Labute approximate surface area is 132 Å². The lowest BCUT2D eigenvalue weighted by Crippen LogP contribution is -2.18. The van der Waals surface area contributed by atoms with Crippen LogP contribution in [0.2, 0.25) is 0 Å². The maximum absolute atomic E-state index is 11.7. The molecule has 6 nitrogen and oxygen atoms in total. The van der Waals surface area contributed by atoms with Gasteiger partial charge in [-0.3, -0.25) is 9.59 Å². The van der Waals surface area contributed by atoms with E-state index in [1.807, 2.05) is 19.2 Å². The monoisotopic (exact) mass is 321 g/mol. The van der Waals surface area contributed by atoms with Crippen LogP contribution in [-0.2, 0) is 16.1 Å². The Hall–Kier alpha value is -2.15. The number of hydrogen-bond acceptors (Lipinski definition) is 5. The summed E-state index contributed by atoms with van der Waals surface area (Å²) in [6, 6.07) is 3.59. The first kappa shape index (κ1) is 16.2. The van der Waals surface area contributed by atoms with E-state index in [0.29, 0.717) is 41.2 Å². The number of hydrogen-bond donors (Lipinski definition) is 2. The largest absolute Gasteiger partial charge is 0.458 e. The van der Waals surface area contributed by atoms with Crippen molar-refractivity contribution in [3.63, 3.8) is 0 Å². The van der Waals surface area contributed by atoms with E-state index in [0.717, 1.165) is 0 Å². The molecule has 2 heterocycles. The molecule has 0 fully saturated rings. The van der Waals surface area contributed by atoms with E-state index >= 15 is 0 Å². The molecule has 118 valence electrons. The highest BCUT2D eigenvalue weighted by molar-refractivity contribution is 7.14. The lowest BCUT2D eigenvalue weighted by Gasteiger charge is -2.03. The third-order valence-corrected chi connectivity index (χ3v) is 3.53. The Balaban J connectivity index is 1.99. The molecule has 2 amide bonds. The Morgan fingerprint density at radius 3 is 2.82 bits per heavy atom. The van der Waals surface area contributed by atoms with Crippen LogP contribution in [0.4, 0.5) is 5.13 Å². The normalized spacial score (nSPS) is 10.7. The Morgan fingerprint density at radius 1 is 1.36 bits per heavy atom. The van der Waals surface area contributed by atoms with Gasteiger partial charge in [0.05, 0.1) is 6.54 Å². The van der Waals surface area contributed by atoms with Crippen molar-refractivity contribution in [2.45, 2.75) is 33.7 Å². The number of furan rings is 1. The summed E-state index contributed by atoms with van der Waals surface area (Å²) in [5.41, 5.74) is 0.666. The maximum atomic E-state index is 11.7. The number of nitrogens with zero attached hydrogens (tertiary/aromatic N) is 1. The Kier molecular flexibility index (Phi) is 5.32. The molecule has 2 rings (SSSR count). The molecule has 2 aromatic rings. The summed E-state index contributed by atoms with van der Waals surface area (Å²) < 4.78 is 5.62. The van der Waals surface area contributed by atoms with Gasteiger partial charge in [-0.2, -0.15) is 0 Å². The number of nitrogens with one attached hydrogen (secondary N) is 2. The van der Waals surface area contributed by atoms with Gasteiger partial charge in [-0.05, 0) is 18.1 Å². The van der Waals surface area contributed by atoms with Crippen molar-refractivity contribution in [2.24, 2.45) is 5.92 Å². The van der Waals surface area contributed by atoms with Gasteiger partial charge in [0, 0.05) is 18.7 Å². The smallest absolute Gasteiger partial charge is 0.226 e. The molecule has 22 heavy (non-hydrogen) atoms. The number of carbonyl (C=O) groups excluding carboxylic acids is 2. The van der Waals surface area contributed by atoms with E-state index in [4.69, 9.17) is 4.42 Å². The van der Waals surface area contributed by atoms with E-state index in [1.165, 1.54) is 18.3 Å². The summed E-state index contributed by atoms with van der Waals surface area (Å²) >= 11 is 1.35. The minimum Gasteiger partial charge on any atom is -0.458 e. The molecule has 0 unspecified atom stereocenters. The molecular weight excluding hydrogens is 302 g/mol. The molecular formula is C15H19N3O3S. The molecule has 0 atom stereocenters. The third kappa shape index (κ3) is 4.70. The molecule has 2 N–H and O–H groups in total. The van der Waals surface area contributed by atoms with E-state index in [-0.39, 0.29) is 11.8 Å². The minimum atomic E-state index is -0.109. The van der Waals surface area contributed by atoms with Crippen molar-refractivity contribution in [2.75, 3.05) is 5.32 Å². The summed E-state index contributed by atoms with van der Waals surface area (Å²) in [6.07, 6.45) is 0.469. The molecule has 2 aromatic heterocycles. The van der Waals surface area contributed by atoms with Gasteiger partial charge in [0.1, 0.15) is 11.5 Å². The molecule has 0 aliphatic heterocycles. The average Bonchev–Trinajstić information content (AvgIpc) is 3.03. The minimum absolute atomic E-state index is 0.0401. The van der Waals surface area contributed by atoms with Crippen molar-refractivity contribution in [1.29, 1.82) is 0 Å². The Morgan fingerprint density at radius 2 is 2.14 bits per heavy atom. The quantitative estimate of drug-likeness (QED) is 0.856. The molecule has 0 spiro atoms. The van der Waals surface area contributed by atoms with Crippen molar-refractivity contribution >= 4 is 28.3 Å². The van der Waals surface area contributed by atoms with Crippen LogP contribution >= 0.6 is 11.3 Å². The van der Waals surface area contributed by atoms with Gasteiger partial charge in [0.25, 0.3) is 0 Å². The SMILES string of the molecule is CC(=O)NCc1ccc(-c2csc(NC(=O)CC(C)C)n2)o1. The number of carbonyl (C=O) groups is 2. The van der Waals surface area contributed by atoms with Crippen LogP contribution in [-0.4, -0.2) is 16.8 Å². The van der Waals surface area contributed by atoms with Gasteiger partial charge >= 0.3 is 0 Å². The predicted octanol–water partition coefficient (Wildman–Crippen LogP) is 3.02. The van der Waals surface area contributed by atoms with Crippen molar-refractivity contribution in [3.05, 3.63) is 23.3 Å². The summed E-state index contributed by atoms with van der Waals surface area (Å²) in [7, 11) is 0. The fourth-order valence-electron chi connectivity index (χ4n) is 1.81. The number of amides is 2. The van der Waals surface area contributed by atoms with Gasteiger partial charge in [-0.1, -0.05) is 13.8 Å². The number of anilines is 1. The molecule has 0 aromatic carbocycles. The second-order valence-corrected chi connectivity index (χ2v) is 6.22. The van der Waals surface area contributed by atoms with Gasteiger partial charge in [0.15, 0.2) is 10.9 Å². The van der Waals surface area contributed by atoms with E-state index in [2.05, 4.69) is 15.6 Å². The summed E-state index contributed by atoms with van der Waals surface area (Å²) in [4.78, 5) is 26.9. The van der Waals surface area contributed by atoms with Crippen LogP contribution < -0.4 is 10.6 Å². The van der Waals surface area contributed by atoms with Crippen molar-refractivity contribution in [1.82, 2.24) is 10.3 Å². The lowest BCUT2D eigenvalue weighted by molar-refractivity contribution is -0.119. The maximum Gasteiger partial charge on any atom is 0.226 e. The van der Waals surface area contributed by atoms with Gasteiger partial charge in [0.2, 0.25) is 11.8 Å². The second-order valence-electron chi connectivity index (χ2n) is 5.36. The van der Waals surface area contributed by atoms with Crippen LogP contribution in [0.1, 0.15) is 33.0 Å². The van der Waals surface area contributed by atoms with Crippen molar-refractivity contribution in [3.8, 4) is 11.5 Å². The van der Waals surface area contributed by atoms with Gasteiger partial charge < -0.3 is 15.1 Å². The van der Waals surface area contributed by atoms with Gasteiger partial charge in [-0.25, -0.2) is 4.98 Å². The lowest BCUT2D eigenvalue weighted by atomic mass is 10.1. The second kappa shape index (κ2) is 7.22. The fourth-order valence-corrected chi connectivity index (χ4v) is 2.52. The molecule has 0 saturated heterocycles. The average molecular weight is 321 g/mol. The molecule has 0 radical (unpaired) electrons. The van der Waals surface area contributed by atoms with Crippen LogP contribution in [0, 0.1) is 5.92 Å². The van der Waals surface area contributed by atoms with E-state index < -0.39 is 0 Å². The first-order valence-corrected chi connectivity index (χ1v) is 7.91. The van der Waals surface area contributed by atoms with Gasteiger partial charge in [-0.15, -0.1) is 11.3 Å². The molecule has 0 aliphatic carbocycles. The Bertz CT molecular complexity index is 661. The zero-order valence-corrected chi connectivity index (χ0v) is 13.6. The number of thiazole rings is 1. The highest BCUT2D eigenvalue weighted by atomic mass is 32.1. The summed E-state index contributed by atoms with van der Waals surface area (Å²) in [5.74, 6) is 1.42. The van der Waals surface area contributed by atoms with Crippen LogP contribution in [0.3, 0.4) is 0 Å². The number of rotatable bonds is 6. The molecule has 0 aliphatic rings.